The molecule has 2 aliphatic carbocycles. The molecule has 2 saturated carbocycles. The van der Waals surface area contributed by atoms with Crippen molar-refractivity contribution in [2.45, 2.75) is 39.0 Å². The lowest BCUT2D eigenvalue weighted by molar-refractivity contribution is -0.117. The molecular formula is C11H16O2. The molecule has 0 aromatic rings. The Labute approximate surface area is 79.0 Å². The summed E-state index contributed by atoms with van der Waals surface area (Å²) in [6, 6.07) is 0. The van der Waals surface area contributed by atoms with E-state index in [2.05, 4.69) is 0 Å². The van der Waals surface area contributed by atoms with Crippen LogP contribution in [0.4, 0.5) is 0 Å². The summed E-state index contributed by atoms with van der Waals surface area (Å²) in [5.74, 6) is 0.297. The summed E-state index contributed by atoms with van der Waals surface area (Å²) in [6.07, 6.45) is 7.11. The number of hydrogen-bond donors (Lipinski definition) is 0. The van der Waals surface area contributed by atoms with Gasteiger partial charge < -0.3 is 4.74 Å². The van der Waals surface area contributed by atoms with Gasteiger partial charge in [0, 0.05) is 12.0 Å². The van der Waals surface area contributed by atoms with Crippen molar-refractivity contribution < 1.29 is 9.53 Å². The Bertz CT molecular complexity index is 249. The molecule has 0 radical (unpaired) electrons. The summed E-state index contributed by atoms with van der Waals surface area (Å²) in [5.41, 5.74) is 1.43. The van der Waals surface area contributed by atoms with Crippen LogP contribution in [-0.2, 0) is 9.53 Å². The van der Waals surface area contributed by atoms with Crippen LogP contribution in [0.3, 0.4) is 0 Å². The molecule has 13 heavy (non-hydrogen) atoms. The van der Waals surface area contributed by atoms with Crippen molar-refractivity contribution in [1.29, 1.82) is 0 Å². The molecule has 0 aromatic carbocycles. The zero-order chi connectivity index (χ0) is 9.31. The van der Waals surface area contributed by atoms with Crippen LogP contribution in [0, 0.1) is 5.41 Å². The van der Waals surface area contributed by atoms with Gasteiger partial charge in [0.25, 0.3) is 0 Å². The van der Waals surface area contributed by atoms with Crippen molar-refractivity contribution in [3.63, 3.8) is 0 Å². The standard InChI is InChI=1S/C11H16O2/c1-2-13-8-9-7-11(5-6-11)4-3-10(9)12/h8H,2-7H2,1H3/b9-8+. The predicted octanol–water partition coefficient (Wildman–Crippen LogP) is 2.44. The molecular weight excluding hydrogens is 164 g/mol. The quantitative estimate of drug-likeness (QED) is 0.482. The van der Waals surface area contributed by atoms with Gasteiger partial charge in [-0.3, -0.25) is 4.79 Å². The van der Waals surface area contributed by atoms with Gasteiger partial charge in [0.15, 0.2) is 5.78 Å². The minimum Gasteiger partial charge on any atom is -0.501 e. The molecule has 2 heteroatoms. The molecule has 2 nitrogen and oxygen atoms in total. The van der Waals surface area contributed by atoms with Gasteiger partial charge in [0.2, 0.25) is 0 Å². The number of carbonyl (C=O) groups excluding carboxylic acids is 1. The van der Waals surface area contributed by atoms with Crippen LogP contribution in [-0.4, -0.2) is 12.4 Å². The van der Waals surface area contributed by atoms with Crippen LogP contribution in [0.15, 0.2) is 11.8 Å². The highest BCUT2D eigenvalue weighted by Crippen LogP contribution is 2.56. The van der Waals surface area contributed by atoms with E-state index in [9.17, 15) is 4.79 Å². The lowest BCUT2D eigenvalue weighted by Gasteiger charge is -2.21. The monoisotopic (exact) mass is 180 g/mol. The van der Waals surface area contributed by atoms with Crippen molar-refractivity contribution >= 4 is 5.78 Å². The van der Waals surface area contributed by atoms with E-state index in [1.165, 1.54) is 12.8 Å². The van der Waals surface area contributed by atoms with Gasteiger partial charge in [-0.05, 0) is 38.0 Å². The largest absolute Gasteiger partial charge is 0.501 e. The maximum Gasteiger partial charge on any atom is 0.161 e. The fourth-order valence-corrected chi connectivity index (χ4v) is 2.03. The second-order valence-corrected chi connectivity index (χ2v) is 4.20. The minimum absolute atomic E-state index is 0.297. The Kier molecular flexibility index (Phi) is 2.14. The fraction of sp³-hybridized carbons (Fsp3) is 0.727. The first-order valence-electron chi connectivity index (χ1n) is 5.10. The zero-order valence-corrected chi connectivity index (χ0v) is 8.14. The number of allylic oxidation sites excluding steroid dienone is 1. The molecule has 2 rings (SSSR count). The van der Waals surface area contributed by atoms with Gasteiger partial charge in [-0.25, -0.2) is 0 Å². The van der Waals surface area contributed by atoms with Gasteiger partial charge >= 0.3 is 0 Å². The molecule has 0 N–H and O–H groups in total. The lowest BCUT2D eigenvalue weighted by Crippen LogP contribution is -2.18. The number of hydrogen-bond acceptors (Lipinski definition) is 2. The molecule has 2 aliphatic rings. The molecule has 0 bridgehead atoms. The van der Waals surface area contributed by atoms with Crippen molar-refractivity contribution in [2.24, 2.45) is 5.41 Å². The molecule has 0 heterocycles. The van der Waals surface area contributed by atoms with E-state index in [-0.39, 0.29) is 0 Å². The average molecular weight is 180 g/mol. The van der Waals surface area contributed by atoms with Crippen molar-refractivity contribution in [1.82, 2.24) is 0 Å². The second kappa shape index (κ2) is 3.17. The molecule has 0 saturated heterocycles. The van der Waals surface area contributed by atoms with Gasteiger partial charge in [0.1, 0.15) is 0 Å². The third kappa shape index (κ3) is 1.77. The Morgan fingerprint density at radius 2 is 2.23 bits per heavy atom. The molecule has 0 amide bonds. The SMILES string of the molecule is CCO/C=C1\CC2(CCC1=O)CC2. The van der Waals surface area contributed by atoms with Crippen LogP contribution in [0.5, 0.6) is 0 Å². The van der Waals surface area contributed by atoms with E-state index in [0.717, 1.165) is 24.8 Å². The highest BCUT2D eigenvalue weighted by molar-refractivity contribution is 5.96. The summed E-state index contributed by atoms with van der Waals surface area (Å²) in [5, 5.41) is 0. The topological polar surface area (TPSA) is 26.3 Å². The van der Waals surface area contributed by atoms with Gasteiger partial charge in [-0.2, -0.15) is 0 Å². The Balaban J connectivity index is 2.02. The highest BCUT2D eigenvalue weighted by atomic mass is 16.5. The average Bonchev–Trinajstić information content (AvgIpc) is 2.88. The smallest absolute Gasteiger partial charge is 0.161 e. The van der Waals surface area contributed by atoms with Gasteiger partial charge in [0.05, 0.1) is 12.9 Å². The Morgan fingerprint density at radius 3 is 2.85 bits per heavy atom. The van der Waals surface area contributed by atoms with E-state index in [4.69, 9.17) is 4.74 Å². The number of ether oxygens (including phenoxy) is 1. The summed E-state index contributed by atoms with van der Waals surface area (Å²) in [6.45, 7) is 2.60. The van der Waals surface area contributed by atoms with Crippen molar-refractivity contribution in [2.75, 3.05) is 6.61 Å². The Morgan fingerprint density at radius 1 is 1.46 bits per heavy atom. The van der Waals surface area contributed by atoms with Crippen LogP contribution >= 0.6 is 0 Å². The van der Waals surface area contributed by atoms with Gasteiger partial charge in [-0.15, -0.1) is 0 Å². The first-order valence-corrected chi connectivity index (χ1v) is 5.10. The van der Waals surface area contributed by atoms with Crippen LogP contribution < -0.4 is 0 Å². The fourth-order valence-electron chi connectivity index (χ4n) is 2.03. The zero-order valence-electron chi connectivity index (χ0n) is 8.14. The predicted molar refractivity (Wildman–Crippen MR) is 50.2 cm³/mol. The summed E-state index contributed by atoms with van der Waals surface area (Å²) in [4.78, 5) is 11.5. The van der Waals surface area contributed by atoms with Crippen LogP contribution in [0.1, 0.15) is 39.0 Å². The molecule has 72 valence electrons. The number of carbonyl (C=O) groups is 1. The summed E-state index contributed by atoms with van der Waals surface area (Å²) < 4.78 is 5.18. The van der Waals surface area contributed by atoms with E-state index in [0.29, 0.717) is 17.8 Å². The minimum atomic E-state index is 0.297. The second-order valence-electron chi connectivity index (χ2n) is 4.20. The summed E-state index contributed by atoms with van der Waals surface area (Å²) >= 11 is 0. The first-order chi connectivity index (χ1) is 6.26. The summed E-state index contributed by atoms with van der Waals surface area (Å²) in [7, 11) is 0. The molecule has 1 spiro atoms. The maximum atomic E-state index is 11.5. The van der Waals surface area contributed by atoms with E-state index in [1.54, 1.807) is 6.26 Å². The Hall–Kier alpha value is -0.790. The normalized spacial score (nSPS) is 28.1. The maximum absolute atomic E-state index is 11.5. The first kappa shape index (κ1) is 8.79. The molecule has 0 aliphatic heterocycles. The number of Topliss-reactive ketones (excluding diaryl/α,β-unsaturated/α-hetero) is 1. The van der Waals surface area contributed by atoms with Crippen LogP contribution in [0.2, 0.25) is 0 Å². The van der Waals surface area contributed by atoms with Crippen LogP contribution in [0.25, 0.3) is 0 Å². The van der Waals surface area contributed by atoms with E-state index < -0.39 is 0 Å². The van der Waals surface area contributed by atoms with E-state index in [1.807, 2.05) is 6.92 Å². The number of ketones is 1. The number of rotatable bonds is 2. The van der Waals surface area contributed by atoms with Crippen molar-refractivity contribution in [3.8, 4) is 0 Å². The van der Waals surface area contributed by atoms with Crippen molar-refractivity contribution in [3.05, 3.63) is 11.8 Å². The van der Waals surface area contributed by atoms with E-state index >= 15 is 0 Å². The third-order valence-electron chi connectivity index (χ3n) is 3.16. The molecule has 0 atom stereocenters. The van der Waals surface area contributed by atoms with Gasteiger partial charge in [-0.1, -0.05) is 0 Å². The molecule has 0 aromatic heterocycles. The molecule has 2 fully saturated rings. The molecule has 0 unspecified atom stereocenters. The highest BCUT2D eigenvalue weighted by Gasteiger charge is 2.46. The lowest BCUT2D eigenvalue weighted by atomic mass is 9.82. The third-order valence-corrected chi connectivity index (χ3v) is 3.16.